The van der Waals surface area contributed by atoms with Crippen molar-refractivity contribution in [3.05, 3.63) is 28.2 Å². The van der Waals surface area contributed by atoms with E-state index in [1.54, 1.807) is 19.9 Å². The van der Waals surface area contributed by atoms with Crippen molar-refractivity contribution in [2.24, 2.45) is 0 Å². The number of anilines is 1. The molecular weight excluding hydrogens is 342 g/mol. The molecule has 0 fully saturated rings. The van der Waals surface area contributed by atoms with Crippen molar-refractivity contribution in [1.82, 2.24) is 0 Å². The van der Waals surface area contributed by atoms with Crippen LogP contribution < -0.4 is 5.32 Å². The van der Waals surface area contributed by atoms with Crippen LogP contribution in [0.4, 0.5) is 5.00 Å². The molecule has 136 valence electrons. The molecule has 2 rings (SSSR count). The predicted octanol–water partition coefficient (Wildman–Crippen LogP) is 3.25. The molecule has 1 amide bonds. The summed E-state index contributed by atoms with van der Waals surface area (Å²) in [7, 11) is 0. The highest BCUT2D eigenvalue weighted by Crippen LogP contribution is 2.38. The van der Waals surface area contributed by atoms with Gasteiger partial charge < -0.3 is 14.8 Å². The molecule has 0 aliphatic heterocycles. The number of amides is 1. The van der Waals surface area contributed by atoms with Crippen LogP contribution in [0.1, 0.15) is 54.4 Å². The molecule has 7 heteroatoms. The van der Waals surface area contributed by atoms with E-state index >= 15 is 0 Å². The molecule has 0 spiro atoms. The van der Waals surface area contributed by atoms with Gasteiger partial charge in [0.2, 0.25) is 0 Å². The lowest BCUT2D eigenvalue weighted by molar-refractivity contribution is -0.148. The smallest absolute Gasteiger partial charge is 0.341 e. The standard InChI is InChI=1S/C18H23NO5S/c1-4-8-14(20)24-11(3)16(21)19-17-15(18(22)23-5-2)12-9-6-7-10-13(12)25-17/h4,8,11H,5-7,9-10H2,1-3H3,(H,19,21)/b8-4+. The van der Waals surface area contributed by atoms with Crippen LogP contribution in [0.3, 0.4) is 0 Å². The summed E-state index contributed by atoms with van der Waals surface area (Å²) in [5.74, 6) is -1.47. The Bertz CT molecular complexity index is 692. The Hall–Kier alpha value is -2.15. The first kappa shape index (κ1) is 19.2. The molecule has 1 aliphatic rings. The number of ether oxygens (including phenoxy) is 2. The Morgan fingerprint density at radius 2 is 2.00 bits per heavy atom. The van der Waals surface area contributed by atoms with Crippen molar-refractivity contribution in [1.29, 1.82) is 0 Å². The molecule has 6 nitrogen and oxygen atoms in total. The lowest BCUT2D eigenvalue weighted by Gasteiger charge is -2.13. The number of thiophene rings is 1. The number of aryl methyl sites for hydroxylation is 1. The van der Waals surface area contributed by atoms with E-state index in [0.717, 1.165) is 36.1 Å². The van der Waals surface area contributed by atoms with Gasteiger partial charge in [0.15, 0.2) is 6.10 Å². The summed E-state index contributed by atoms with van der Waals surface area (Å²) in [6.45, 7) is 5.20. The molecule has 0 bridgehead atoms. The lowest BCUT2D eigenvalue weighted by Crippen LogP contribution is -2.29. The van der Waals surface area contributed by atoms with Crippen LogP contribution in [-0.4, -0.2) is 30.6 Å². The van der Waals surface area contributed by atoms with Crippen molar-refractivity contribution in [3.8, 4) is 0 Å². The van der Waals surface area contributed by atoms with Gasteiger partial charge in [-0.2, -0.15) is 0 Å². The number of allylic oxidation sites excluding steroid dienone is 1. The highest BCUT2D eigenvalue weighted by atomic mass is 32.1. The van der Waals surface area contributed by atoms with Crippen LogP contribution in [0.2, 0.25) is 0 Å². The maximum atomic E-state index is 12.4. The summed E-state index contributed by atoms with van der Waals surface area (Å²) in [4.78, 5) is 37.3. The van der Waals surface area contributed by atoms with E-state index in [9.17, 15) is 14.4 Å². The van der Waals surface area contributed by atoms with E-state index in [-0.39, 0.29) is 6.61 Å². The van der Waals surface area contributed by atoms with Crippen molar-refractivity contribution < 1.29 is 23.9 Å². The number of fused-ring (bicyclic) bond motifs is 1. The number of hydrogen-bond acceptors (Lipinski definition) is 6. The normalized spacial score (nSPS) is 14.7. The lowest BCUT2D eigenvalue weighted by atomic mass is 9.95. The van der Waals surface area contributed by atoms with Crippen LogP contribution in [0, 0.1) is 0 Å². The molecule has 1 atom stereocenters. The van der Waals surface area contributed by atoms with E-state index in [1.165, 1.54) is 24.3 Å². The molecular formula is C18H23NO5S. The van der Waals surface area contributed by atoms with Gasteiger partial charge in [-0.1, -0.05) is 6.08 Å². The van der Waals surface area contributed by atoms with Gasteiger partial charge in [0.25, 0.3) is 5.91 Å². The predicted molar refractivity (Wildman–Crippen MR) is 95.9 cm³/mol. The van der Waals surface area contributed by atoms with E-state index in [1.807, 2.05) is 0 Å². The summed E-state index contributed by atoms with van der Waals surface area (Å²) in [6, 6.07) is 0. The second-order valence-electron chi connectivity index (χ2n) is 5.70. The molecule has 0 aromatic carbocycles. The summed E-state index contributed by atoms with van der Waals surface area (Å²) in [5.41, 5.74) is 1.42. The van der Waals surface area contributed by atoms with Crippen molar-refractivity contribution in [2.45, 2.75) is 52.6 Å². The topological polar surface area (TPSA) is 81.7 Å². The second-order valence-corrected chi connectivity index (χ2v) is 6.81. The minimum atomic E-state index is -0.960. The zero-order chi connectivity index (χ0) is 18.4. The molecule has 0 saturated heterocycles. The molecule has 25 heavy (non-hydrogen) atoms. The molecule has 1 aromatic rings. The van der Waals surface area contributed by atoms with Crippen LogP contribution >= 0.6 is 11.3 Å². The summed E-state index contributed by atoms with van der Waals surface area (Å²) < 4.78 is 10.2. The quantitative estimate of drug-likeness (QED) is 0.618. The highest BCUT2D eigenvalue weighted by molar-refractivity contribution is 7.17. The van der Waals surface area contributed by atoms with Crippen LogP contribution in [0.5, 0.6) is 0 Å². The number of hydrogen-bond donors (Lipinski definition) is 1. The number of rotatable bonds is 6. The Balaban J connectivity index is 2.20. The minimum Gasteiger partial charge on any atom is -0.462 e. The third-order valence-corrected chi connectivity index (χ3v) is 5.06. The summed E-state index contributed by atoms with van der Waals surface area (Å²) in [5, 5.41) is 3.21. The molecule has 1 aromatic heterocycles. The van der Waals surface area contributed by atoms with Gasteiger partial charge in [0.05, 0.1) is 12.2 Å². The SMILES string of the molecule is C/C=C/C(=O)OC(C)C(=O)Nc1sc2c(c1C(=O)OCC)CCCC2. The molecule has 1 heterocycles. The Morgan fingerprint density at radius 1 is 1.28 bits per heavy atom. The third-order valence-electron chi connectivity index (χ3n) is 3.85. The number of esters is 2. The van der Waals surface area contributed by atoms with Crippen molar-refractivity contribution in [3.63, 3.8) is 0 Å². The van der Waals surface area contributed by atoms with Gasteiger partial charge in [0, 0.05) is 11.0 Å². The van der Waals surface area contributed by atoms with Gasteiger partial charge >= 0.3 is 11.9 Å². The summed E-state index contributed by atoms with van der Waals surface area (Å²) >= 11 is 1.40. The van der Waals surface area contributed by atoms with Crippen molar-refractivity contribution >= 4 is 34.2 Å². The first-order chi connectivity index (χ1) is 12.0. The molecule has 1 N–H and O–H groups in total. The fourth-order valence-corrected chi connectivity index (χ4v) is 3.97. The van der Waals surface area contributed by atoms with E-state index in [2.05, 4.69) is 5.32 Å². The first-order valence-corrected chi connectivity index (χ1v) is 9.25. The first-order valence-electron chi connectivity index (χ1n) is 8.43. The zero-order valence-electron chi connectivity index (χ0n) is 14.7. The van der Waals surface area contributed by atoms with Crippen LogP contribution in [-0.2, 0) is 31.9 Å². The minimum absolute atomic E-state index is 0.272. The molecule has 0 saturated carbocycles. The van der Waals surface area contributed by atoms with E-state index in [4.69, 9.17) is 9.47 Å². The van der Waals surface area contributed by atoms with Gasteiger partial charge in [0.1, 0.15) is 5.00 Å². The monoisotopic (exact) mass is 365 g/mol. The molecule has 1 aliphatic carbocycles. The Kier molecular flexibility index (Phi) is 6.75. The summed E-state index contributed by atoms with van der Waals surface area (Å²) in [6.07, 6.45) is 5.62. The maximum Gasteiger partial charge on any atom is 0.341 e. The number of carbonyl (C=O) groups excluding carboxylic acids is 3. The fourth-order valence-electron chi connectivity index (χ4n) is 2.69. The van der Waals surface area contributed by atoms with E-state index in [0.29, 0.717) is 10.6 Å². The second kappa shape index (κ2) is 8.80. The van der Waals surface area contributed by atoms with Gasteiger partial charge in [-0.3, -0.25) is 4.79 Å². The average molecular weight is 365 g/mol. The largest absolute Gasteiger partial charge is 0.462 e. The Morgan fingerprint density at radius 3 is 2.68 bits per heavy atom. The molecule has 0 radical (unpaired) electrons. The highest BCUT2D eigenvalue weighted by Gasteiger charge is 2.28. The van der Waals surface area contributed by atoms with Crippen LogP contribution in [0.15, 0.2) is 12.2 Å². The number of nitrogens with one attached hydrogen (secondary N) is 1. The maximum absolute atomic E-state index is 12.4. The van der Waals surface area contributed by atoms with Crippen molar-refractivity contribution in [2.75, 3.05) is 11.9 Å². The third kappa shape index (κ3) is 4.69. The number of carbonyl (C=O) groups is 3. The fraction of sp³-hybridized carbons (Fsp3) is 0.500. The zero-order valence-corrected chi connectivity index (χ0v) is 15.5. The average Bonchev–Trinajstić information content (AvgIpc) is 2.92. The van der Waals surface area contributed by atoms with Gasteiger partial charge in [-0.05, 0) is 52.0 Å². The van der Waals surface area contributed by atoms with E-state index < -0.39 is 23.9 Å². The van der Waals surface area contributed by atoms with Gasteiger partial charge in [-0.15, -0.1) is 11.3 Å². The molecule has 1 unspecified atom stereocenters. The Labute approximate surface area is 151 Å². The van der Waals surface area contributed by atoms with Gasteiger partial charge in [-0.25, -0.2) is 9.59 Å². The van der Waals surface area contributed by atoms with Crippen LogP contribution in [0.25, 0.3) is 0 Å².